The van der Waals surface area contributed by atoms with Crippen LogP contribution in [0.2, 0.25) is 0 Å². The van der Waals surface area contributed by atoms with Crippen LogP contribution in [0.3, 0.4) is 0 Å². The highest BCUT2D eigenvalue weighted by atomic mass is 16.3. The van der Waals surface area contributed by atoms with Crippen molar-refractivity contribution in [3.05, 3.63) is 29.3 Å². The molecule has 1 saturated heterocycles. The molecule has 0 aliphatic carbocycles. The van der Waals surface area contributed by atoms with Crippen LogP contribution < -0.4 is 10.6 Å². The largest absolute Gasteiger partial charge is 0.507 e. The average Bonchev–Trinajstić information content (AvgIpc) is 2.40. The van der Waals surface area contributed by atoms with Crippen LogP contribution in [0.15, 0.2) is 18.2 Å². The molecular formula is C15H22N2O2. The number of amides is 1. The maximum Gasteiger partial charge on any atom is 0.255 e. The van der Waals surface area contributed by atoms with Gasteiger partial charge in [-0.1, -0.05) is 19.1 Å². The van der Waals surface area contributed by atoms with Crippen LogP contribution in [0.4, 0.5) is 0 Å². The molecule has 2 unspecified atom stereocenters. The van der Waals surface area contributed by atoms with Crippen LogP contribution in [-0.4, -0.2) is 30.1 Å². The molecule has 4 heteroatoms. The number of hydrogen-bond acceptors (Lipinski definition) is 3. The minimum atomic E-state index is -0.208. The third kappa shape index (κ3) is 3.26. The molecule has 0 radical (unpaired) electrons. The Morgan fingerprint density at radius 2 is 2.32 bits per heavy atom. The molecule has 1 aromatic rings. The summed E-state index contributed by atoms with van der Waals surface area (Å²) in [5.74, 6) is 0.436. The van der Waals surface area contributed by atoms with Crippen molar-refractivity contribution >= 4 is 5.91 Å². The number of phenolic OH excluding ortho intramolecular Hbond substituents is 1. The van der Waals surface area contributed by atoms with Crippen molar-refractivity contribution in [2.75, 3.05) is 13.1 Å². The number of carbonyl (C=O) groups excluding carboxylic acids is 1. The zero-order chi connectivity index (χ0) is 13.8. The lowest BCUT2D eigenvalue weighted by Crippen LogP contribution is -2.47. The zero-order valence-corrected chi connectivity index (χ0v) is 11.6. The quantitative estimate of drug-likeness (QED) is 0.778. The van der Waals surface area contributed by atoms with Crippen molar-refractivity contribution < 1.29 is 9.90 Å². The molecule has 19 heavy (non-hydrogen) atoms. The molecule has 1 fully saturated rings. The molecule has 2 atom stereocenters. The first-order valence-electron chi connectivity index (χ1n) is 6.89. The number of piperidine rings is 1. The number of benzene rings is 1. The summed E-state index contributed by atoms with van der Waals surface area (Å²) in [4.78, 5) is 12.1. The van der Waals surface area contributed by atoms with Gasteiger partial charge in [0, 0.05) is 12.6 Å². The summed E-state index contributed by atoms with van der Waals surface area (Å²) >= 11 is 0. The molecule has 1 aliphatic rings. The van der Waals surface area contributed by atoms with Gasteiger partial charge in [-0.2, -0.15) is 0 Å². The van der Waals surface area contributed by atoms with Crippen molar-refractivity contribution in [1.29, 1.82) is 0 Å². The van der Waals surface area contributed by atoms with Crippen LogP contribution in [0.25, 0.3) is 0 Å². The number of nitrogens with one attached hydrogen (secondary N) is 2. The van der Waals surface area contributed by atoms with E-state index in [1.165, 1.54) is 12.8 Å². The number of aryl methyl sites for hydroxylation is 1. The predicted octanol–water partition coefficient (Wildman–Crippen LogP) is 1.82. The number of aromatic hydroxyl groups is 1. The molecule has 1 heterocycles. The molecule has 0 aromatic heterocycles. The minimum absolute atomic E-state index is 0.0738. The van der Waals surface area contributed by atoms with E-state index in [0.29, 0.717) is 24.1 Å². The van der Waals surface area contributed by atoms with E-state index in [0.717, 1.165) is 12.1 Å². The monoisotopic (exact) mass is 262 g/mol. The molecule has 104 valence electrons. The first-order valence-corrected chi connectivity index (χ1v) is 6.89. The fraction of sp³-hybridized carbons (Fsp3) is 0.533. The fourth-order valence-corrected chi connectivity index (χ4v) is 2.53. The highest BCUT2D eigenvalue weighted by Crippen LogP contribution is 2.21. The Kier molecular flexibility index (Phi) is 4.43. The van der Waals surface area contributed by atoms with E-state index in [1.54, 1.807) is 25.1 Å². The van der Waals surface area contributed by atoms with E-state index in [1.807, 2.05) is 0 Å². The highest BCUT2D eigenvalue weighted by molar-refractivity contribution is 5.97. The van der Waals surface area contributed by atoms with E-state index < -0.39 is 0 Å². The number of hydrogen-bond donors (Lipinski definition) is 3. The second-order valence-corrected chi connectivity index (χ2v) is 5.36. The van der Waals surface area contributed by atoms with Crippen LogP contribution >= 0.6 is 0 Å². The normalized spacial score (nSPS) is 23.1. The van der Waals surface area contributed by atoms with Gasteiger partial charge in [-0.3, -0.25) is 4.79 Å². The molecule has 4 nitrogen and oxygen atoms in total. The minimum Gasteiger partial charge on any atom is -0.507 e. The van der Waals surface area contributed by atoms with E-state index in [2.05, 4.69) is 17.6 Å². The van der Waals surface area contributed by atoms with E-state index in [4.69, 9.17) is 0 Å². The Morgan fingerprint density at radius 3 is 3.05 bits per heavy atom. The summed E-state index contributed by atoms with van der Waals surface area (Å²) in [5, 5.41) is 16.2. The van der Waals surface area contributed by atoms with E-state index in [-0.39, 0.29) is 11.7 Å². The molecule has 0 saturated carbocycles. The van der Waals surface area contributed by atoms with Gasteiger partial charge in [0.25, 0.3) is 5.91 Å². The standard InChI is InChI=1S/C15H22N2O2/c1-10-6-4-8-16-13(10)9-17-15(19)12-7-3-5-11(2)14(12)18/h3,5,7,10,13,16,18H,4,6,8-9H2,1-2H3,(H,17,19). The van der Waals surface area contributed by atoms with Gasteiger partial charge in [-0.15, -0.1) is 0 Å². The zero-order valence-electron chi connectivity index (χ0n) is 11.6. The van der Waals surface area contributed by atoms with Crippen LogP contribution in [0, 0.1) is 12.8 Å². The lowest BCUT2D eigenvalue weighted by atomic mass is 9.93. The number of rotatable bonds is 3. The summed E-state index contributed by atoms with van der Waals surface area (Å²) in [5.41, 5.74) is 1.07. The van der Waals surface area contributed by atoms with Gasteiger partial charge in [-0.25, -0.2) is 0 Å². The predicted molar refractivity (Wildman–Crippen MR) is 75.4 cm³/mol. The number of phenols is 1. The van der Waals surface area contributed by atoms with Crippen molar-refractivity contribution in [2.24, 2.45) is 5.92 Å². The fourth-order valence-electron chi connectivity index (χ4n) is 2.53. The van der Waals surface area contributed by atoms with Gasteiger partial charge in [0.1, 0.15) is 5.75 Å². The molecule has 2 rings (SSSR count). The summed E-state index contributed by atoms with van der Waals surface area (Å²) < 4.78 is 0. The summed E-state index contributed by atoms with van der Waals surface area (Å²) in [6.45, 7) is 5.61. The number of carbonyl (C=O) groups is 1. The maximum absolute atomic E-state index is 12.1. The van der Waals surface area contributed by atoms with Gasteiger partial charge in [0.2, 0.25) is 0 Å². The molecule has 0 spiro atoms. The first kappa shape index (κ1) is 13.9. The van der Waals surface area contributed by atoms with Gasteiger partial charge in [0.15, 0.2) is 0 Å². The summed E-state index contributed by atoms with van der Waals surface area (Å²) in [6, 6.07) is 5.54. The SMILES string of the molecule is Cc1cccc(C(=O)NCC2NCCCC2C)c1O. The lowest BCUT2D eigenvalue weighted by molar-refractivity contribution is 0.0941. The summed E-state index contributed by atoms with van der Waals surface area (Å²) in [7, 11) is 0. The van der Waals surface area contributed by atoms with Crippen molar-refractivity contribution in [1.82, 2.24) is 10.6 Å². The van der Waals surface area contributed by atoms with Crippen LogP contribution in [0.5, 0.6) is 5.75 Å². The Morgan fingerprint density at radius 1 is 1.53 bits per heavy atom. The van der Waals surface area contributed by atoms with E-state index >= 15 is 0 Å². The third-order valence-corrected chi connectivity index (χ3v) is 3.89. The van der Waals surface area contributed by atoms with Crippen molar-refractivity contribution in [3.63, 3.8) is 0 Å². The highest BCUT2D eigenvalue weighted by Gasteiger charge is 2.21. The van der Waals surface area contributed by atoms with Gasteiger partial charge < -0.3 is 15.7 Å². The van der Waals surface area contributed by atoms with Crippen molar-refractivity contribution in [2.45, 2.75) is 32.7 Å². The Bertz CT molecular complexity index is 459. The smallest absolute Gasteiger partial charge is 0.255 e. The molecule has 1 aliphatic heterocycles. The van der Waals surface area contributed by atoms with Gasteiger partial charge in [0.05, 0.1) is 5.56 Å². The topological polar surface area (TPSA) is 61.4 Å². The Balaban J connectivity index is 1.95. The van der Waals surface area contributed by atoms with Crippen LogP contribution in [0.1, 0.15) is 35.7 Å². The van der Waals surface area contributed by atoms with Crippen molar-refractivity contribution in [3.8, 4) is 5.75 Å². The van der Waals surface area contributed by atoms with Crippen LogP contribution in [-0.2, 0) is 0 Å². The maximum atomic E-state index is 12.1. The molecule has 1 aromatic carbocycles. The average molecular weight is 262 g/mol. The van der Waals surface area contributed by atoms with Gasteiger partial charge in [-0.05, 0) is 43.9 Å². The Hall–Kier alpha value is -1.55. The molecule has 1 amide bonds. The molecular weight excluding hydrogens is 240 g/mol. The summed E-state index contributed by atoms with van der Waals surface area (Å²) in [6.07, 6.45) is 2.40. The molecule has 0 bridgehead atoms. The van der Waals surface area contributed by atoms with Gasteiger partial charge >= 0.3 is 0 Å². The number of para-hydroxylation sites is 1. The third-order valence-electron chi connectivity index (χ3n) is 3.89. The lowest BCUT2D eigenvalue weighted by Gasteiger charge is -2.30. The first-order chi connectivity index (χ1) is 9.09. The Labute approximate surface area is 114 Å². The molecule has 3 N–H and O–H groups in total. The second-order valence-electron chi connectivity index (χ2n) is 5.36. The second kappa shape index (κ2) is 6.06. The van der Waals surface area contributed by atoms with E-state index in [9.17, 15) is 9.90 Å².